The molecule has 35 heavy (non-hydrogen) atoms. The van der Waals surface area contributed by atoms with Gasteiger partial charge in [0.2, 0.25) is 0 Å². The maximum atomic E-state index is 13.2. The molecule has 8 heteroatoms. The molecule has 0 atom stereocenters. The number of aryl methyl sites for hydroxylation is 2. The normalized spacial score (nSPS) is 12.9. The van der Waals surface area contributed by atoms with Gasteiger partial charge < -0.3 is 24.7 Å². The molecule has 3 aromatic rings. The summed E-state index contributed by atoms with van der Waals surface area (Å²) >= 11 is 0. The van der Waals surface area contributed by atoms with Gasteiger partial charge in [-0.25, -0.2) is 4.79 Å². The van der Waals surface area contributed by atoms with Crippen molar-refractivity contribution in [1.29, 1.82) is 0 Å². The monoisotopic (exact) mass is 477 g/mol. The average Bonchev–Trinajstić information content (AvgIpc) is 3.66. The van der Waals surface area contributed by atoms with Gasteiger partial charge in [-0.1, -0.05) is 11.6 Å². The Hall–Kier alpha value is -3.81. The summed E-state index contributed by atoms with van der Waals surface area (Å²) in [6, 6.07) is 12.5. The quantitative estimate of drug-likeness (QED) is 0.441. The van der Waals surface area contributed by atoms with E-state index < -0.39 is 6.03 Å². The molecule has 1 fully saturated rings. The number of esters is 1. The number of fused-ring (bicyclic) bond motifs is 1. The van der Waals surface area contributed by atoms with Crippen LogP contribution in [0.4, 0.5) is 10.5 Å². The van der Waals surface area contributed by atoms with Crippen LogP contribution in [0.5, 0.6) is 5.75 Å². The molecular weight excluding hydrogens is 446 g/mol. The van der Waals surface area contributed by atoms with Crippen LogP contribution in [-0.2, 0) is 16.1 Å². The maximum absolute atomic E-state index is 13.2. The zero-order valence-electron chi connectivity index (χ0n) is 20.3. The van der Waals surface area contributed by atoms with Gasteiger partial charge in [-0.15, -0.1) is 0 Å². The Morgan fingerprint density at radius 3 is 2.54 bits per heavy atom. The second-order valence-corrected chi connectivity index (χ2v) is 8.92. The summed E-state index contributed by atoms with van der Waals surface area (Å²) in [6.07, 6.45) is 1.71. The average molecular weight is 478 g/mol. The molecule has 1 aliphatic carbocycles. The van der Waals surface area contributed by atoms with Crippen molar-refractivity contribution in [2.75, 3.05) is 25.1 Å². The molecular formula is C27H31N3O5. The Bertz CT molecular complexity index is 1280. The Labute approximate surface area is 204 Å². The predicted molar refractivity (Wildman–Crippen MR) is 135 cm³/mol. The highest BCUT2D eigenvalue weighted by Crippen LogP contribution is 2.30. The number of carbonyl (C=O) groups is 2. The molecule has 2 aromatic carbocycles. The van der Waals surface area contributed by atoms with Crippen LogP contribution in [0, 0.1) is 19.8 Å². The summed E-state index contributed by atoms with van der Waals surface area (Å²) in [5.74, 6) is 0.463. The van der Waals surface area contributed by atoms with Crippen LogP contribution in [0.15, 0.2) is 47.3 Å². The number of amides is 2. The number of carbonyl (C=O) groups excluding carboxylic acids is 2. The van der Waals surface area contributed by atoms with E-state index in [0.29, 0.717) is 23.6 Å². The van der Waals surface area contributed by atoms with Gasteiger partial charge in [0.15, 0.2) is 0 Å². The van der Waals surface area contributed by atoms with Crippen molar-refractivity contribution in [2.45, 2.75) is 40.2 Å². The summed E-state index contributed by atoms with van der Waals surface area (Å²) < 4.78 is 10.8. The number of H-pyrrole nitrogens is 1. The van der Waals surface area contributed by atoms with Crippen LogP contribution in [0.1, 0.15) is 36.5 Å². The fourth-order valence-electron chi connectivity index (χ4n) is 4.00. The molecule has 1 heterocycles. The van der Waals surface area contributed by atoms with Crippen molar-refractivity contribution < 1.29 is 19.1 Å². The lowest BCUT2D eigenvalue weighted by atomic mass is 10.1. The first-order chi connectivity index (χ1) is 16.8. The van der Waals surface area contributed by atoms with Gasteiger partial charge in [-0.3, -0.25) is 9.59 Å². The molecule has 4 rings (SSSR count). The van der Waals surface area contributed by atoms with Crippen LogP contribution >= 0.6 is 0 Å². The Morgan fingerprint density at radius 2 is 1.86 bits per heavy atom. The highest BCUT2D eigenvalue weighted by molar-refractivity contribution is 5.89. The molecule has 0 aliphatic heterocycles. The third-order valence-corrected chi connectivity index (χ3v) is 5.95. The summed E-state index contributed by atoms with van der Waals surface area (Å²) in [7, 11) is 0. The summed E-state index contributed by atoms with van der Waals surface area (Å²) in [6.45, 7) is 6.71. The zero-order chi connectivity index (χ0) is 24.9. The number of nitrogens with one attached hydrogen (secondary N) is 2. The van der Waals surface area contributed by atoms with Gasteiger partial charge in [0, 0.05) is 11.3 Å². The minimum atomic E-state index is -0.392. The number of anilines is 1. The Kier molecular flexibility index (Phi) is 7.39. The van der Waals surface area contributed by atoms with E-state index in [-0.39, 0.29) is 37.1 Å². The van der Waals surface area contributed by atoms with Gasteiger partial charge >= 0.3 is 12.0 Å². The van der Waals surface area contributed by atoms with E-state index >= 15 is 0 Å². The lowest BCUT2D eigenvalue weighted by molar-refractivity contribution is -0.145. The number of pyridine rings is 1. The number of urea groups is 1. The molecule has 0 spiro atoms. The maximum Gasteiger partial charge on any atom is 0.322 e. The van der Waals surface area contributed by atoms with E-state index in [1.54, 1.807) is 24.3 Å². The van der Waals surface area contributed by atoms with E-state index in [2.05, 4.69) is 10.3 Å². The van der Waals surface area contributed by atoms with E-state index in [4.69, 9.17) is 9.47 Å². The number of aromatic amines is 1. The van der Waals surface area contributed by atoms with Gasteiger partial charge in [0.25, 0.3) is 5.56 Å². The number of ether oxygens (including phenoxy) is 2. The first kappa shape index (κ1) is 24.3. The molecule has 184 valence electrons. The van der Waals surface area contributed by atoms with E-state index in [9.17, 15) is 14.4 Å². The van der Waals surface area contributed by atoms with Crippen LogP contribution in [0.25, 0.3) is 10.9 Å². The van der Waals surface area contributed by atoms with Gasteiger partial charge in [0.1, 0.15) is 12.4 Å². The van der Waals surface area contributed by atoms with Crippen molar-refractivity contribution in [3.63, 3.8) is 0 Å². The molecule has 1 saturated carbocycles. The third kappa shape index (κ3) is 6.20. The number of aromatic nitrogens is 1. The fraction of sp³-hybridized carbons (Fsp3) is 0.370. The van der Waals surface area contributed by atoms with Crippen LogP contribution in [0.3, 0.4) is 0 Å². The number of benzene rings is 2. The number of rotatable bonds is 9. The molecule has 2 amide bonds. The minimum Gasteiger partial charge on any atom is -0.494 e. The zero-order valence-corrected chi connectivity index (χ0v) is 20.3. The Balaban J connectivity index is 1.53. The lowest BCUT2D eigenvalue weighted by Gasteiger charge is -2.23. The fourth-order valence-corrected chi connectivity index (χ4v) is 4.00. The molecule has 0 unspecified atom stereocenters. The third-order valence-electron chi connectivity index (χ3n) is 5.95. The van der Waals surface area contributed by atoms with Crippen molar-refractivity contribution in [3.05, 3.63) is 69.5 Å². The van der Waals surface area contributed by atoms with E-state index in [1.807, 2.05) is 39.0 Å². The Morgan fingerprint density at radius 1 is 1.11 bits per heavy atom. The van der Waals surface area contributed by atoms with Crippen molar-refractivity contribution >= 4 is 28.6 Å². The second kappa shape index (κ2) is 10.6. The summed E-state index contributed by atoms with van der Waals surface area (Å²) in [5.41, 5.74) is 3.66. The van der Waals surface area contributed by atoms with Crippen LogP contribution in [0.2, 0.25) is 0 Å². The van der Waals surface area contributed by atoms with Crippen molar-refractivity contribution in [2.24, 2.45) is 5.92 Å². The number of hydrogen-bond acceptors (Lipinski definition) is 5. The van der Waals surface area contributed by atoms with Crippen LogP contribution < -0.4 is 15.6 Å². The number of hydrogen-bond donors (Lipinski definition) is 2. The molecule has 8 nitrogen and oxygen atoms in total. The highest BCUT2D eigenvalue weighted by Gasteiger charge is 2.31. The number of nitrogens with zero attached hydrogens (tertiary/aromatic N) is 1. The largest absolute Gasteiger partial charge is 0.494 e. The van der Waals surface area contributed by atoms with Gasteiger partial charge in [-0.05, 0) is 81.0 Å². The van der Waals surface area contributed by atoms with Crippen molar-refractivity contribution in [3.8, 4) is 5.75 Å². The molecule has 0 bridgehead atoms. The summed E-state index contributed by atoms with van der Waals surface area (Å²) in [5, 5.41) is 3.77. The minimum absolute atomic E-state index is 0.0176. The first-order valence-corrected chi connectivity index (χ1v) is 11.9. The van der Waals surface area contributed by atoms with Crippen LogP contribution in [-0.4, -0.2) is 41.6 Å². The topological polar surface area (TPSA) is 101 Å². The van der Waals surface area contributed by atoms with E-state index in [1.165, 1.54) is 4.90 Å². The standard InChI is InChI=1S/C27H31N3O5/c1-4-34-23-9-7-22(8-10-23)28-27(33)30(11-12-35-26(32)19-5-6-19)16-21-15-20-14-17(2)13-18(3)24(20)29-25(21)31/h7-10,13-15,19H,4-6,11-12,16H2,1-3H3,(H,28,33)(H,29,31). The van der Waals surface area contributed by atoms with Gasteiger partial charge in [-0.2, -0.15) is 0 Å². The first-order valence-electron chi connectivity index (χ1n) is 11.9. The molecule has 2 N–H and O–H groups in total. The van der Waals surface area contributed by atoms with E-state index in [0.717, 1.165) is 34.9 Å². The second-order valence-electron chi connectivity index (χ2n) is 8.92. The summed E-state index contributed by atoms with van der Waals surface area (Å²) in [4.78, 5) is 42.4. The molecule has 1 aromatic heterocycles. The lowest BCUT2D eigenvalue weighted by Crippen LogP contribution is -2.38. The molecule has 0 saturated heterocycles. The molecule has 1 aliphatic rings. The van der Waals surface area contributed by atoms with Gasteiger partial charge in [0.05, 0.1) is 31.1 Å². The SMILES string of the molecule is CCOc1ccc(NC(=O)N(CCOC(=O)C2CC2)Cc2cc3cc(C)cc(C)c3[nH]c2=O)cc1. The smallest absolute Gasteiger partial charge is 0.322 e. The highest BCUT2D eigenvalue weighted by atomic mass is 16.5. The molecule has 0 radical (unpaired) electrons. The predicted octanol–water partition coefficient (Wildman–Crippen LogP) is 4.53. The van der Waals surface area contributed by atoms with Crippen molar-refractivity contribution in [1.82, 2.24) is 9.88 Å².